The van der Waals surface area contributed by atoms with Gasteiger partial charge in [-0.05, 0) is 25.1 Å². The largest absolute Gasteiger partial charge is 0.462 e. The van der Waals surface area contributed by atoms with Gasteiger partial charge in [0.15, 0.2) is 5.65 Å². The third kappa shape index (κ3) is 2.25. The van der Waals surface area contributed by atoms with E-state index in [4.69, 9.17) is 4.74 Å². The number of ether oxygens (including phenoxy) is 1. The standard InChI is InChI=1S/C14H11N3O2S/c1-2-19-14(18)10-8-9-4-3-5-15-12(9)17-11(10)13-16-6-7-20-13/h3-8H,2H2,1H3. The van der Waals surface area contributed by atoms with Crippen molar-refractivity contribution in [2.45, 2.75) is 6.92 Å². The Morgan fingerprint density at radius 3 is 3.00 bits per heavy atom. The number of hydrogen-bond acceptors (Lipinski definition) is 6. The third-order valence-electron chi connectivity index (χ3n) is 2.72. The van der Waals surface area contributed by atoms with Crippen molar-refractivity contribution in [1.29, 1.82) is 0 Å². The van der Waals surface area contributed by atoms with Crippen LogP contribution in [-0.2, 0) is 4.74 Å². The SMILES string of the molecule is CCOC(=O)c1cc2cccnc2nc1-c1nccs1. The van der Waals surface area contributed by atoms with Crippen LogP contribution in [0.2, 0.25) is 0 Å². The van der Waals surface area contributed by atoms with Crippen molar-refractivity contribution >= 4 is 28.3 Å². The molecule has 5 nitrogen and oxygen atoms in total. The number of carbonyl (C=O) groups excluding carboxylic acids is 1. The van der Waals surface area contributed by atoms with Gasteiger partial charge >= 0.3 is 5.97 Å². The molecule has 3 rings (SSSR count). The van der Waals surface area contributed by atoms with Gasteiger partial charge in [0.25, 0.3) is 0 Å². The summed E-state index contributed by atoms with van der Waals surface area (Å²) in [5.41, 5.74) is 1.53. The first-order chi connectivity index (χ1) is 9.79. The molecule has 0 aliphatic rings. The molecule has 0 saturated carbocycles. The van der Waals surface area contributed by atoms with E-state index >= 15 is 0 Å². The van der Waals surface area contributed by atoms with Crippen LogP contribution in [0.5, 0.6) is 0 Å². The van der Waals surface area contributed by atoms with E-state index in [0.29, 0.717) is 28.5 Å². The van der Waals surface area contributed by atoms with Gasteiger partial charge in [0.05, 0.1) is 12.2 Å². The van der Waals surface area contributed by atoms with Gasteiger partial charge in [0.2, 0.25) is 0 Å². The van der Waals surface area contributed by atoms with Crippen molar-refractivity contribution in [3.63, 3.8) is 0 Å². The molecule has 0 bridgehead atoms. The van der Waals surface area contributed by atoms with Crippen LogP contribution in [0.3, 0.4) is 0 Å². The highest BCUT2D eigenvalue weighted by atomic mass is 32.1. The number of hydrogen-bond donors (Lipinski definition) is 0. The Balaban J connectivity index is 2.23. The molecule has 0 unspecified atom stereocenters. The molecule has 6 heteroatoms. The van der Waals surface area contributed by atoms with Crippen LogP contribution in [0.15, 0.2) is 36.0 Å². The maximum absolute atomic E-state index is 12.1. The van der Waals surface area contributed by atoms with Crippen molar-refractivity contribution < 1.29 is 9.53 Å². The average molecular weight is 285 g/mol. The van der Waals surface area contributed by atoms with Gasteiger partial charge in [0, 0.05) is 23.2 Å². The lowest BCUT2D eigenvalue weighted by molar-refractivity contribution is 0.0527. The van der Waals surface area contributed by atoms with E-state index in [9.17, 15) is 4.79 Å². The number of pyridine rings is 2. The monoisotopic (exact) mass is 285 g/mol. The van der Waals surface area contributed by atoms with Gasteiger partial charge in [-0.15, -0.1) is 11.3 Å². The maximum atomic E-state index is 12.1. The van der Waals surface area contributed by atoms with E-state index in [0.717, 1.165) is 5.39 Å². The molecule has 0 amide bonds. The molecule has 0 aromatic carbocycles. The number of thiazole rings is 1. The Bertz CT molecular complexity index is 756. The van der Waals surface area contributed by atoms with Gasteiger partial charge in [0.1, 0.15) is 10.7 Å². The van der Waals surface area contributed by atoms with E-state index < -0.39 is 5.97 Å². The number of esters is 1. The second-order valence-corrected chi connectivity index (χ2v) is 4.89. The van der Waals surface area contributed by atoms with Crippen LogP contribution < -0.4 is 0 Å². The Hall–Kier alpha value is -2.34. The number of carbonyl (C=O) groups is 1. The zero-order valence-corrected chi connectivity index (χ0v) is 11.6. The molecule has 0 radical (unpaired) electrons. The fourth-order valence-electron chi connectivity index (χ4n) is 1.87. The molecule has 0 N–H and O–H groups in total. The van der Waals surface area contributed by atoms with Crippen LogP contribution in [0.25, 0.3) is 21.7 Å². The number of nitrogens with zero attached hydrogens (tertiary/aromatic N) is 3. The van der Waals surface area contributed by atoms with Crippen molar-refractivity contribution in [3.05, 3.63) is 41.5 Å². The summed E-state index contributed by atoms with van der Waals surface area (Å²) in [5, 5.41) is 3.32. The second-order valence-electron chi connectivity index (χ2n) is 3.99. The van der Waals surface area contributed by atoms with E-state index in [-0.39, 0.29) is 0 Å². The van der Waals surface area contributed by atoms with Gasteiger partial charge in [-0.2, -0.15) is 0 Å². The summed E-state index contributed by atoms with van der Waals surface area (Å²) in [6.45, 7) is 2.10. The Morgan fingerprint density at radius 2 is 2.25 bits per heavy atom. The van der Waals surface area contributed by atoms with Crippen LogP contribution in [-0.4, -0.2) is 27.5 Å². The molecule has 0 fully saturated rings. The molecule has 0 spiro atoms. The van der Waals surface area contributed by atoms with Crippen LogP contribution in [0, 0.1) is 0 Å². The lowest BCUT2D eigenvalue weighted by Gasteiger charge is -2.07. The summed E-state index contributed by atoms with van der Waals surface area (Å²) in [7, 11) is 0. The first-order valence-corrected chi connectivity index (χ1v) is 7.00. The van der Waals surface area contributed by atoms with Crippen LogP contribution in [0.1, 0.15) is 17.3 Å². The lowest BCUT2D eigenvalue weighted by Crippen LogP contribution is -2.08. The molecule has 20 heavy (non-hydrogen) atoms. The summed E-state index contributed by atoms with van der Waals surface area (Å²) < 4.78 is 5.09. The highest BCUT2D eigenvalue weighted by Gasteiger charge is 2.18. The van der Waals surface area contributed by atoms with E-state index in [2.05, 4.69) is 15.0 Å². The molecule has 0 aliphatic carbocycles. The van der Waals surface area contributed by atoms with Crippen molar-refractivity contribution in [2.75, 3.05) is 6.61 Å². The van der Waals surface area contributed by atoms with Crippen molar-refractivity contribution in [3.8, 4) is 10.7 Å². The van der Waals surface area contributed by atoms with Crippen molar-refractivity contribution in [1.82, 2.24) is 15.0 Å². The first-order valence-electron chi connectivity index (χ1n) is 6.12. The predicted octanol–water partition coefficient (Wildman–Crippen LogP) is 2.93. The molecule has 3 heterocycles. The highest BCUT2D eigenvalue weighted by Crippen LogP contribution is 2.27. The fourth-order valence-corrected chi connectivity index (χ4v) is 2.51. The number of aromatic nitrogens is 3. The number of fused-ring (bicyclic) bond motifs is 1. The Morgan fingerprint density at radius 1 is 1.35 bits per heavy atom. The molecular weight excluding hydrogens is 274 g/mol. The van der Waals surface area contributed by atoms with Crippen molar-refractivity contribution in [2.24, 2.45) is 0 Å². The third-order valence-corrected chi connectivity index (χ3v) is 3.50. The highest BCUT2D eigenvalue weighted by molar-refractivity contribution is 7.13. The van der Waals surface area contributed by atoms with Gasteiger partial charge in [-0.1, -0.05) is 0 Å². The second kappa shape index (κ2) is 5.34. The number of rotatable bonds is 3. The van der Waals surface area contributed by atoms with Crippen LogP contribution in [0.4, 0.5) is 0 Å². The quantitative estimate of drug-likeness (QED) is 0.692. The lowest BCUT2D eigenvalue weighted by atomic mass is 10.1. The minimum absolute atomic E-state index is 0.321. The summed E-state index contributed by atoms with van der Waals surface area (Å²) in [6.07, 6.45) is 3.35. The van der Waals surface area contributed by atoms with Gasteiger partial charge in [-0.3, -0.25) is 0 Å². The van der Waals surface area contributed by atoms with Gasteiger partial charge < -0.3 is 4.74 Å². The van der Waals surface area contributed by atoms with Crippen LogP contribution >= 0.6 is 11.3 Å². The molecule has 3 aromatic rings. The molecule has 3 aromatic heterocycles. The summed E-state index contributed by atoms with van der Waals surface area (Å²) in [4.78, 5) is 25.0. The zero-order valence-electron chi connectivity index (χ0n) is 10.7. The van der Waals surface area contributed by atoms with E-state index in [1.165, 1.54) is 11.3 Å². The van der Waals surface area contributed by atoms with E-state index in [1.54, 1.807) is 25.4 Å². The maximum Gasteiger partial charge on any atom is 0.340 e. The fraction of sp³-hybridized carbons (Fsp3) is 0.143. The average Bonchev–Trinajstić information content (AvgIpc) is 3.00. The van der Waals surface area contributed by atoms with Gasteiger partial charge in [-0.25, -0.2) is 19.7 Å². The smallest absolute Gasteiger partial charge is 0.340 e. The summed E-state index contributed by atoms with van der Waals surface area (Å²) >= 11 is 1.43. The Kier molecular flexibility index (Phi) is 3.39. The first kappa shape index (κ1) is 12.7. The summed E-state index contributed by atoms with van der Waals surface area (Å²) in [6, 6.07) is 5.43. The molecule has 0 saturated heterocycles. The topological polar surface area (TPSA) is 65.0 Å². The summed E-state index contributed by atoms with van der Waals surface area (Å²) in [5.74, 6) is -0.393. The minimum atomic E-state index is -0.393. The Labute approximate surface area is 119 Å². The normalized spacial score (nSPS) is 10.7. The molecular formula is C14H11N3O2S. The predicted molar refractivity (Wildman–Crippen MR) is 76.6 cm³/mol. The minimum Gasteiger partial charge on any atom is -0.462 e. The molecule has 0 aliphatic heterocycles. The van der Waals surface area contributed by atoms with E-state index in [1.807, 2.05) is 17.5 Å². The molecule has 0 atom stereocenters. The molecule has 100 valence electrons. The zero-order chi connectivity index (χ0) is 13.9.